The maximum atomic E-state index is 13.5. The van der Waals surface area contributed by atoms with E-state index in [0.29, 0.717) is 23.4 Å². The van der Waals surface area contributed by atoms with E-state index in [1.54, 1.807) is 0 Å². The van der Waals surface area contributed by atoms with Gasteiger partial charge in [0.1, 0.15) is 0 Å². The van der Waals surface area contributed by atoms with Crippen LogP contribution in [0.5, 0.6) is 0 Å². The van der Waals surface area contributed by atoms with Crippen molar-refractivity contribution in [2.45, 2.75) is 73.6 Å². The normalized spacial score (nSPS) is 58.9. The van der Waals surface area contributed by atoms with Crippen LogP contribution in [-0.4, -0.2) is 41.5 Å². The van der Waals surface area contributed by atoms with Gasteiger partial charge >= 0.3 is 158 Å². The fourth-order valence-electron chi connectivity index (χ4n) is 7.16. The number of ketones is 2. The van der Waals surface area contributed by atoms with Crippen molar-refractivity contribution >= 4 is 41.5 Å². The average molecular weight is 458 g/mol. The molecule has 5 rings (SSSR count). The van der Waals surface area contributed by atoms with E-state index in [1.807, 2.05) is 0 Å². The number of Topliss-reactive ketones (excluding diaryl/α,β-unsaturated/α-hetero) is 2. The van der Waals surface area contributed by atoms with E-state index in [9.17, 15) is 9.59 Å². The Balaban J connectivity index is 1.57. The summed E-state index contributed by atoms with van der Waals surface area (Å²) in [6.07, 6.45) is 4.58. The molecular formula is C20H28O2Se2. The van der Waals surface area contributed by atoms with Crippen LogP contribution in [0.2, 0.25) is 6.42 Å². The molecule has 0 aromatic rings. The zero-order chi connectivity index (χ0) is 17.6. The van der Waals surface area contributed by atoms with Gasteiger partial charge < -0.3 is 0 Å². The monoisotopic (exact) mass is 460 g/mol. The first-order chi connectivity index (χ1) is 10.9. The van der Waals surface area contributed by atoms with Crippen LogP contribution in [0.4, 0.5) is 0 Å². The number of hydrogen-bond donors (Lipinski definition) is 0. The summed E-state index contributed by atoms with van der Waals surface area (Å²) in [5, 5.41) is 0. The molecule has 4 atom stereocenters. The molecule has 132 valence electrons. The first kappa shape index (κ1) is 16.5. The summed E-state index contributed by atoms with van der Waals surface area (Å²) in [6.45, 7) is 13.8. The molecule has 4 heteroatoms. The Hall–Kier alpha value is 0.379. The second kappa shape index (κ2) is 3.96. The zero-order valence-electron chi connectivity index (χ0n) is 15.6. The predicted molar refractivity (Wildman–Crippen MR) is 96.1 cm³/mol. The molecule has 4 bridgehead atoms. The molecule has 0 amide bonds. The molecule has 4 saturated carbocycles. The van der Waals surface area contributed by atoms with Crippen LogP contribution in [-0.2, 0) is 9.59 Å². The van der Waals surface area contributed by atoms with Crippen molar-refractivity contribution in [2.24, 2.45) is 33.5 Å². The van der Waals surface area contributed by atoms with Crippen LogP contribution in [0.1, 0.15) is 67.2 Å². The summed E-state index contributed by atoms with van der Waals surface area (Å²) in [6, 6.07) is 0. The van der Waals surface area contributed by atoms with Crippen LogP contribution in [0, 0.1) is 33.5 Å². The molecule has 0 radical (unpaired) electrons. The quantitative estimate of drug-likeness (QED) is 0.519. The number of hydrogen-bond acceptors (Lipinski definition) is 2. The molecule has 0 aromatic heterocycles. The number of rotatable bonds is 0. The fourth-order valence-corrected chi connectivity index (χ4v) is 21.2. The predicted octanol–water partition coefficient (Wildman–Crippen LogP) is 3.69. The number of fused-ring (bicyclic) bond motifs is 6. The van der Waals surface area contributed by atoms with Gasteiger partial charge in [-0.1, -0.05) is 0 Å². The van der Waals surface area contributed by atoms with Gasteiger partial charge in [-0.25, -0.2) is 0 Å². The van der Waals surface area contributed by atoms with E-state index < -0.39 is 0 Å². The number of carbonyl (C=O) groups excluding carboxylic acids is 2. The Kier molecular flexibility index (Phi) is 2.73. The molecule has 1 aliphatic heterocycles. The van der Waals surface area contributed by atoms with Gasteiger partial charge in [-0.3, -0.25) is 0 Å². The Morgan fingerprint density at radius 1 is 0.708 bits per heavy atom. The molecule has 24 heavy (non-hydrogen) atoms. The molecular weight excluding hydrogens is 430 g/mol. The van der Waals surface area contributed by atoms with Gasteiger partial charge in [-0.15, -0.1) is 0 Å². The van der Waals surface area contributed by atoms with Crippen LogP contribution < -0.4 is 0 Å². The van der Waals surface area contributed by atoms with Gasteiger partial charge in [0.2, 0.25) is 0 Å². The van der Waals surface area contributed by atoms with Gasteiger partial charge in [0, 0.05) is 0 Å². The van der Waals surface area contributed by atoms with Crippen molar-refractivity contribution in [2.75, 3.05) is 0 Å². The third-order valence-electron chi connectivity index (χ3n) is 9.61. The molecule has 4 aliphatic carbocycles. The Morgan fingerprint density at radius 2 is 1.04 bits per heavy atom. The van der Waals surface area contributed by atoms with Gasteiger partial charge in [0.05, 0.1) is 0 Å². The first-order valence-electron chi connectivity index (χ1n) is 9.40. The topological polar surface area (TPSA) is 34.1 Å². The van der Waals surface area contributed by atoms with Crippen LogP contribution in [0.15, 0.2) is 0 Å². The summed E-state index contributed by atoms with van der Waals surface area (Å²) in [5.74, 6) is 2.24. The van der Waals surface area contributed by atoms with E-state index in [0.717, 1.165) is 12.8 Å². The summed E-state index contributed by atoms with van der Waals surface area (Å²) >= 11 is 0.378. The second-order valence-electron chi connectivity index (χ2n) is 10.5. The van der Waals surface area contributed by atoms with Crippen molar-refractivity contribution in [3.05, 3.63) is 0 Å². The summed E-state index contributed by atoms with van der Waals surface area (Å²) in [5.41, 5.74) is 0.0241. The van der Waals surface area contributed by atoms with Crippen molar-refractivity contribution in [3.63, 3.8) is 0 Å². The van der Waals surface area contributed by atoms with E-state index in [2.05, 4.69) is 41.5 Å². The van der Waals surface area contributed by atoms with Crippen molar-refractivity contribution < 1.29 is 9.59 Å². The molecule has 5 fully saturated rings. The number of carbonyl (C=O) groups is 2. The van der Waals surface area contributed by atoms with Crippen LogP contribution in [0.3, 0.4) is 0 Å². The standard InChI is InChI=1S/C20H28O2Se2/c1-15(2)11-7-9-17(15,5)13(21)19(11)23-20(24-19)12-8-10-18(6,14(20)22)16(12,3)4/h11-12H,7-10H2,1-6H3/t11-,12-,17-,18-,19?,20?/m0/s1. The third-order valence-corrected chi connectivity index (χ3v) is 19.7. The molecule has 2 spiro atoms. The summed E-state index contributed by atoms with van der Waals surface area (Å²) < 4.78 is -0.0772. The van der Waals surface area contributed by atoms with Gasteiger partial charge in [-0.2, -0.15) is 0 Å². The molecule has 0 aromatic carbocycles. The first-order valence-corrected chi connectivity index (χ1v) is 12.8. The molecule has 1 saturated heterocycles. The van der Waals surface area contributed by atoms with Crippen LogP contribution in [0.25, 0.3) is 0 Å². The Labute approximate surface area is 158 Å². The minimum atomic E-state index is -0.122. The molecule has 0 N–H and O–H groups in total. The van der Waals surface area contributed by atoms with E-state index in [4.69, 9.17) is 0 Å². The average Bonchev–Trinajstić information content (AvgIpc) is 2.92. The SMILES string of the molecule is CC1(C)[C@@H]2CC[C@@]1(C)C(=O)C21[Se]C2([Se]1)C(=O)[C@]1(C)CC[C@H]2C1(C)C. The second-order valence-corrected chi connectivity index (χ2v) is 19.4. The van der Waals surface area contributed by atoms with Crippen molar-refractivity contribution in [1.29, 1.82) is 0 Å². The molecule has 5 aliphatic rings. The van der Waals surface area contributed by atoms with E-state index in [-0.39, 0.29) is 58.0 Å². The molecule has 1 heterocycles. The Morgan fingerprint density at radius 3 is 1.29 bits per heavy atom. The minimum absolute atomic E-state index is 0.0386. The maximum absolute atomic E-state index is 13.5. The Bertz CT molecular complexity index is 644. The van der Waals surface area contributed by atoms with E-state index in [1.165, 1.54) is 12.8 Å². The van der Waals surface area contributed by atoms with Gasteiger partial charge in [0.25, 0.3) is 0 Å². The van der Waals surface area contributed by atoms with Crippen LogP contribution >= 0.6 is 0 Å². The summed E-state index contributed by atoms with van der Waals surface area (Å²) in [7, 11) is 0. The van der Waals surface area contributed by atoms with Gasteiger partial charge in [0.15, 0.2) is 0 Å². The molecule has 0 unspecified atom stereocenters. The zero-order valence-corrected chi connectivity index (χ0v) is 19.0. The molecule has 2 nitrogen and oxygen atoms in total. The fraction of sp³-hybridized carbons (Fsp3) is 0.900. The van der Waals surface area contributed by atoms with Crippen molar-refractivity contribution in [3.8, 4) is 0 Å². The summed E-state index contributed by atoms with van der Waals surface area (Å²) in [4.78, 5) is 27.0. The van der Waals surface area contributed by atoms with Gasteiger partial charge in [-0.05, 0) is 0 Å². The van der Waals surface area contributed by atoms with Crippen molar-refractivity contribution in [1.82, 2.24) is 0 Å². The third kappa shape index (κ3) is 1.25. The van der Waals surface area contributed by atoms with E-state index >= 15 is 0 Å².